The monoisotopic (exact) mass is 570 g/mol. The van der Waals surface area contributed by atoms with Gasteiger partial charge in [0.05, 0.1) is 17.0 Å². The van der Waals surface area contributed by atoms with Gasteiger partial charge in [0.1, 0.15) is 5.58 Å². The van der Waals surface area contributed by atoms with Crippen molar-refractivity contribution in [2.45, 2.75) is 39.2 Å². The smallest absolute Gasteiger partial charge is 0.440 e. The van der Waals surface area contributed by atoms with E-state index in [2.05, 4.69) is 10.1 Å². The number of para-hydroxylation sites is 1. The highest BCUT2D eigenvalue weighted by atomic mass is 35.5. The van der Waals surface area contributed by atoms with Gasteiger partial charge in [0, 0.05) is 35.4 Å². The highest BCUT2D eigenvalue weighted by Crippen LogP contribution is 2.34. The molecule has 0 saturated heterocycles. The van der Waals surface area contributed by atoms with E-state index in [1.807, 2.05) is 30.0 Å². The molecule has 0 aliphatic carbocycles. The number of fused-ring (bicyclic) bond motifs is 2. The Morgan fingerprint density at radius 2 is 1.77 bits per heavy atom. The standard InChI is InChI=1S/C29H22ClF3N2O5/c1-15-9-21(16(2)34-23-6-4-3-5-20(23)27(37)40-28(38)29(31,32)33)26-22(10-15)24(36)12-25(39-26)35-13-17-7-8-19(30)11-18(17)14-35/h3-12,16,34H,13-14H2,1-2H3. The van der Waals surface area contributed by atoms with Gasteiger partial charge in [-0.15, -0.1) is 0 Å². The van der Waals surface area contributed by atoms with Gasteiger partial charge in [0.25, 0.3) is 0 Å². The van der Waals surface area contributed by atoms with E-state index in [9.17, 15) is 27.6 Å². The molecule has 0 bridgehead atoms. The van der Waals surface area contributed by atoms with E-state index in [0.717, 1.165) is 16.7 Å². The lowest BCUT2D eigenvalue weighted by atomic mass is 10.0. The number of aryl methyl sites for hydroxylation is 1. The summed E-state index contributed by atoms with van der Waals surface area (Å²) in [5, 5.41) is 4.06. The van der Waals surface area contributed by atoms with Gasteiger partial charge < -0.3 is 19.4 Å². The number of carbonyl (C=O) groups is 2. The maximum atomic E-state index is 13.2. The average Bonchev–Trinajstić information content (AvgIpc) is 3.31. The van der Waals surface area contributed by atoms with Crippen molar-refractivity contribution in [1.82, 2.24) is 0 Å². The van der Waals surface area contributed by atoms with Gasteiger partial charge in [-0.3, -0.25) is 4.79 Å². The van der Waals surface area contributed by atoms with Crippen molar-refractivity contribution in [3.63, 3.8) is 0 Å². The summed E-state index contributed by atoms with van der Waals surface area (Å²) in [7, 11) is 0. The van der Waals surface area contributed by atoms with E-state index < -0.39 is 24.2 Å². The summed E-state index contributed by atoms with van der Waals surface area (Å²) in [6.07, 6.45) is -5.32. The number of alkyl halides is 3. The van der Waals surface area contributed by atoms with Crippen LogP contribution in [0.4, 0.5) is 24.7 Å². The minimum Gasteiger partial charge on any atom is -0.440 e. The maximum absolute atomic E-state index is 13.2. The van der Waals surface area contributed by atoms with E-state index in [1.54, 1.807) is 25.1 Å². The third-order valence-corrected chi connectivity index (χ3v) is 6.83. The molecule has 0 radical (unpaired) electrons. The summed E-state index contributed by atoms with van der Waals surface area (Å²) >= 11 is 6.14. The van der Waals surface area contributed by atoms with Crippen LogP contribution < -0.4 is 15.6 Å². The van der Waals surface area contributed by atoms with E-state index in [-0.39, 0.29) is 16.7 Å². The number of benzene rings is 3. The van der Waals surface area contributed by atoms with E-state index in [0.29, 0.717) is 40.5 Å². The molecule has 1 N–H and O–H groups in total. The Labute approximate surface area is 231 Å². The van der Waals surface area contributed by atoms with Crippen molar-refractivity contribution in [3.05, 3.63) is 104 Å². The Bertz CT molecular complexity index is 1720. The zero-order valence-electron chi connectivity index (χ0n) is 21.3. The fourth-order valence-electron chi connectivity index (χ4n) is 4.71. The summed E-state index contributed by atoms with van der Waals surface area (Å²) in [6.45, 7) is 4.60. The number of nitrogens with one attached hydrogen (secondary N) is 1. The molecular weight excluding hydrogens is 549 g/mol. The van der Waals surface area contributed by atoms with Gasteiger partial charge in [0.15, 0.2) is 5.43 Å². The second kappa shape index (κ2) is 10.3. The van der Waals surface area contributed by atoms with Crippen LogP contribution >= 0.6 is 11.6 Å². The first-order valence-electron chi connectivity index (χ1n) is 12.2. The third kappa shape index (κ3) is 5.40. The van der Waals surface area contributed by atoms with Crippen LogP contribution in [0.25, 0.3) is 11.0 Å². The SMILES string of the molecule is Cc1cc(C(C)Nc2ccccc2C(=O)OC(=O)C(F)(F)F)c2oc(N3Cc4ccc(Cl)cc4C3)cc(=O)c2c1. The molecule has 206 valence electrons. The lowest BCUT2D eigenvalue weighted by Gasteiger charge is -2.21. The van der Waals surface area contributed by atoms with Crippen LogP contribution in [0.3, 0.4) is 0 Å². The number of hydrogen-bond donors (Lipinski definition) is 1. The molecule has 7 nitrogen and oxygen atoms in total. The minimum absolute atomic E-state index is 0.134. The molecular formula is C29H22ClF3N2O5. The third-order valence-electron chi connectivity index (χ3n) is 6.59. The molecule has 1 unspecified atom stereocenters. The number of anilines is 2. The average molecular weight is 571 g/mol. The van der Waals surface area contributed by atoms with Crippen LogP contribution in [0.15, 0.2) is 69.9 Å². The first-order valence-corrected chi connectivity index (χ1v) is 12.6. The van der Waals surface area contributed by atoms with Crippen LogP contribution in [-0.4, -0.2) is 18.1 Å². The van der Waals surface area contributed by atoms with Gasteiger partial charge >= 0.3 is 18.1 Å². The zero-order valence-corrected chi connectivity index (χ0v) is 22.0. The summed E-state index contributed by atoms with van der Waals surface area (Å²) in [5.74, 6) is -3.68. The fourth-order valence-corrected chi connectivity index (χ4v) is 4.91. The Balaban J connectivity index is 1.48. The second-order valence-electron chi connectivity index (χ2n) is 9.54. The number of ether oxygens (including phenoxy) is 1. The van der Waals surface area contributed by atoms with Crippen molar-refractivity contribution in [2.24, 2.45) is 0 Å². The van der Waals surface area contributed by atoms with Crippen molar-refractivity contribution in [1.29, 1.82) is 0 Å². The number of rotatable bonds is 5. The summed E-state index contributed by atoms with van der Waals surface area (Å²) < 4.78 is 48.2. The molecule has 1 aliphatic heterocycles. The highest BCUT2D eigenvalue weighted by Gasteiger charge is 2.42. The lowest BCUT2D eigenvalue weighted by molar-refractivity contribution is -0.193. The van der Waals surface area contributed by atoms with Crippen LogP contribution in [0.5, 0.6) is 0 Å². The van der Waals surface area contributed by atoms with Crippen LogP contribution in [0, 0.1) is 6.92 Å². The summed E-state index contributed by atoms with van der Waals surface area (Å²) in [4.78, 5) is 38.7. The van der Waals surface area contributed by atoms with Crippen LogP contribution in [-0.2, 0) is 22.6 Å². The molecule has 5 rings (SSSR count). The number of hydrogen-bond acceptors (Lipinski definition) is 7. The van der Waals surface area contributed by atoms with Gasteiger partial charge in [-0.1, -0.05) is 35.9 Å². The fraction of sp³-hybridized carbons (Fsp3) is 0.207. The Hall–Kier alpha value is -4.31. The number of nitrogens with zero attached hydrogens (tertiary/aromatic N) is 1. The first-order chi connectivity index (χ1) is 18.9. The Kier molecular flexibility index (Phi) is 7.05. The molecule has 1 aliphatic rings. The molecule has 0 fully saturated rings. The zero-order chi connectivity index (χ0) is 28.8. The molecule has 2 heterocycles. The van der Waals surface area contributed by atoms with E-state index in [1.165, 1.54) is 24.3 Å². The molecule has 0 amide bonds. The second-order valence-corrected chi connectivity index (χ2v) is 9.97. The summed E-state index contributed by atoms with van der Waals surface area (Å²) in [5.41, 5.74) is 3.42. The van der Waals surface area contributed by atoms with Gasteiger partial charge in [-0.2, -0.15) is 13.2 Å². The van der Waals surface area contributed by atoms with Crippen molar-refractivity contribution in [3.8, 4) is 0 Å². The van der Waals surface area contributed by atoms with Crippen molar-refractivity contribution < 1.29 is 31.9 Å². The Morgan fingerprint density at radius 1 is 1.05 bits per heavy atom. The van der Waals surface area contributed by atoms with Crippen LogP contribution in [0.2, 0.25) is 5.02 Å². The topological polar surface area (TPSA) is 88.8 Å². The van der Waals surface area contributed by atoms with E-state index in [4.69, 9.17) is 16.0 Å². The molecule has 1 atom stereocenters. The Morgan fingerprint density at radius 3 is 2.52 bits per heavy atom. The maximum Gasteiger partial charge on any atom is 0.491 e. The number of esters is 2. The first kappa shape index (κ1) is 27.3. The van der Waals surface area contributed by atoms with Gasteiger partial charge in [0.2, 0.25) is 5.88 Å². The molecule has 40 heavy (non-hydrogen) atoms. The largest absolute Gasteiger partial charge is 0.491 e. The molecule has 0 saturated carbocycles. The predicted molar refractivity (Wildman–Crippen MR) is 144 cm³/mol. The highest BCUT2D eigenvalue weighted by molar-refractivity contribution is 6.30. The van der Waals surface area contributed by atoms with Gasteiger partial charge in [-0.25, -0.2) is 9.59 Å². The number of carbonyl (C=O) groups excluding carboxylic acids is 2. The summed E-state index contributed by atoms with van der Waals surface area (Å²) in [6, 6.07) is 15.7. The number of halogens is 4. The molecule has 11 heteroatoms. The van der Waals surface area contributed by atoms with Crippen LogP contribution in [0.1, 0.15) is 45.6 Å². The van der Waals surface area contributed by atoms with Crippen molar-refractivity contribution in [2.75, 3.05) is 10.2 Å². The molecule has 3 aromatic carbocycles. The van der Waals surface area contributed by atoms with E-state index >= 15 is 0 Å². The van der Waals surface area contributed by atoms with Crippen molar-refractivity contribution >= 4 is 46.1 Å². The lowest BCUT2D eigenvalue weighted by Crippen LogP contribution is -2.28. The molecule has 0 spiro atoms. The van der Waals surface area contributed by atoms with Gasteiger partial charge in [-0.05, 0) is 60.9 Å². The quantitative estimate of drug-likeness (QED) is 0.211. The predicted octanol–water partition coefficient (Wildman–Crippen LogP) is 6.69. The minimum atomic E-state index is -5.32. The molecule has 1 aromatic heterocycles. The normalized spacial score (nSPS) is 13.7. The molecule has 4 aromatic rings.